The normalized spacial score (nSPS) is 16.8. The van der Waals surface area contributed by atoms with E-state index in [9.17, 15) is 0 Å². The van der Waals surface area contributed by atoms with Gasteiger partial charge in [-0.15, -0.1) is 0 Å². The summed E-state index contributed by atoms with van der Waals surface area (Å²) in [5.74, 6) is 3.61. The van der Waals surface area contributed by atoms with Crippen molar-refractivity contribution in [3.05, 3.63) is 23.4 Å². The molecule has 0 N–H and O–H groups in total. The second-order valence-electron chi connectivity index (χ2n) is 3.72. The van der Waals surface area contributed by atoms with Gasteiger partial charge in [0.05, 0.1) is 0 Å². The fourth-order valence-electron chi connectivity index (χ4n) is 1.81. The Hall–Kier alpha value is -0.220. The van der Waals surface area contributed by atoms with Crippen LogP contribution in [0.4, 0.5) is 5.82 Å². The van der Waals surface area contributed by atoms with Gasteiger partial charge in [0, 0.05) is 36.1 Å². The number of aromatic nitrogens is 1. The average Bonchev–Trinajstić information content (AvgIpc) is 2.30. The van der Waals surface area contributed by atoms with Crippen molar-refractivity contribution in [3.8, 4) is 0 Å². The van der Waals surface area contributed by atoms with Gasteiger partial charge in [0.15, 0.2) is 0 Å². The Morgan fingerprint density at radius 2 is 2.20 bits per heavy atom. The largest absolute Gasteiger partial charge is 0.355 e. The first-order chi connectivity index (χ1) is 7.31. The topological polar surface area (TPSA) is 16.1 Å². The van der Waals surface area contributed by atoms with Crippen molar-refractivity contribution in [3.63, 3.8) is 0 Å². The Kier molecular flexibility index (Phi) is 3.92. The predicted molar refractivity (Wildman–Crippen MR) is 71.1 cm³/mol. The lowest BCUT2D eigenvalue weighted by Gasteiger charge is -2.28. The van der Waals surface area contributed by atoms with E-state index in [-0.39, 0.29) is 0 Å². The van der Waals surface area contributed by atoms with Crippen LogP contribution in [0, 0.1) is 6.92 Å². The first kappa shape index (κ1) is 11.3. The Bertz CT molecular complexity index is 337. The van der Waals surface area contributed by atoms with Gasteiger partial charge in [-0.1, -0.05) is 22.0 Å². The summed E-state index contributed by atoms with van der Waals surface area (Å²) in [4.78, 5) is 6.95. The van der Waals surface area contributed by atoms with Gasteiger partial charge in [-0.2, -0.15) is 11.8 Å². The Balaban J connectivity index is 2.19. The molecule has 2 heterocycles. The van der Waals surface area contributed by atoms with Crippen molar-refractivity contribution in [2.24, 2.45) is 0 Å². The van der Waals surface area contributed by atoms with E-state index in [1.165, 1.54) is 28.5 Å². The summed E-state index contributed by atoms with van der Waals surface area (Å²) in [5, 5.41) is 0.886. The summed E-state index contributed by atoms with van der Waals surface area (Å²) < 4.78 is 0. The van der Waals surface area contributed by atoms with Crippen LogP contribution in [0.3, 0.4) is 0 Å². The van der Waals surface area contributed by atoms with E-state index < -0.39 is 0 Å². The van der Waals surface area contributed by atoms with Crippen molar-refractivity contribution in [2.45, 2.75) is 12.3 Å². The maximum atomic E-state index is 4.56. The van der Waals surface area contributed by atoms with Crippen molar-refractivity contribution >= 4 is 33.5 Å². The van der Waals surface area contributed by atoms with E-state index in [0.717, 1.165) is 18.4 Å². The number of nitrogens with zero attached hydrogens (tertiary/aromatic N) is 2. The molecule has 1 fully saturated rings. The highest BCUT2D eigenvalue weighted by molar-refractivity contribution is 9.08. The number of halogens is 1. The van der Waals surface area contributed by atoms with Crippen LogP contribution in [0.2, 0.25) is 0 Å². The van der Waals surface area contributed by atoms with Crippen LogP contribution >= 0.6 is 27.7 Å². The Labute approximate surface area is 104 Å². The number of alkyl halides is 1. The SMILES string of the molecule is Cc1cc(CBr)cnc1N1CCSCC1. The molecule has 0 saturated carbocycles. The maximum absolute atomic E-state index is 4.56. The second-order valence-corrected chi connectivity index (χ2v) is 5.50. The van der Waals surface area contributed by atoms with Crippen LogP contribution in [-0.2, 0) is 5.33 Å². The van der Waals surface area contributed by atoms with Gasteiger partial charge < -0.3 is 4.90 Å². The molecular weight excluding hydrogens is 272 g/mol. The highest BCUT2D eigenvalue weighted by atomic mass is 79.9. The molecule has 1 aliphatic rings. The molecule has 0 unspecified atom stereocenters. The van der Waals surface area contributed by atoms with Crippen LogP contribution in [0.25, 0.3) is 0 Å². The zero-order chi connectivity index (χ0) is 10.7. The molecule has 0 amide bonds. The van der Waals surface area contributed by atoms with Crippen LogP contribution in [0.15, 0.2) is 12.3 Å². The van der Waals surface area contributed by atoms with Gasteiger partial charge >= 0.3 is 0 Å². The van der Waals surface area contributed by atoms with Gasteiger partial charge in [0.1, 0.15) is 5.82 Å². The van der Waals surface area contributed by atoms with E-state index in [0.29, 0.717) is 0 Å². The zero-order valence-electron chi connectivity index (χ0n) is 8.87. The molecule has 0 aliphatic carbocycles. The summed E-state index contributed by atoms with van der Waals surface area (Å²) in [6.45, 7) is 4.41. The number of anilines is 1. The summed E-state index contributed by atoms with van der Waals surface area (Å²) in [7, 11) is 0. The molecule has 0 aromatic carbocycles. The van der Waals surface area contributed by atoms with Gasteiger partial charge in [-0.05, 0) is 18.1 Å². The first-order valence-electron chi connectivity index (χ1n) is 5.15. The zero-order valence-corrected chi connectivity index (χ0v) is 11.3. The lowest BCUT2D eigenvalue weighted by Crippen LogP contribution is -2.33. The Morgan fingerprint density at radius 1 is 1.47 bits per heavy atom. The molecule has 82 valence electrons. The molecule has 0 bridgehead atoms. The molecule has 1 aromatic heterocycles. The molecule has 1 aromatic rings. The number of thioether (sulfide) groups is 1. The van der Waals surface area contributed by atoms with Crippen LogP contribution in [-0.4, -0.2) is 29.6 Å². The number of hydrogen-bond acceptors (Lipinski definition) is 3. The van der Waals surface area contributed by atoms with Gasteiger partial charge in [-0.25, -0.2) is 4.98 Å². The molecular formula is C11H15BrN2S. The van der Waals surface area contributed by atoms with Crippen molar-refractivity contribution in [1.29, 1.82) is 0 Å². The minimum Gasteiger partial charge on any atom is -0.355 e. The minimum atomic E-state index is 0.886. The molecule has 15 heavy (non-hydrogen) atoms. The highest BCUT2D eigenvalue weighted by Gasteiger charge is 2.14. The van der Waals surface area contributed by atoms with E-state index in [1.807, 2.05) is 18.0 Å². The smallest absolute Gasteiger partial charge is 0.131 e. The van der Waals surface area contributed by atoms with E-state index in [2.05, 4.69) is 38.8 Å². The summed E-state index contributed by atoms with van der Waals surface area (Å²) in [5.41, 5.74) is 2.54. The van der Waals surface area contributed by atoms with Crippen LogP contribution < -0.4 is 4.90 Å². The molecule has 1 aliphatic heterocycles. The number of hydrogen-bond donors (Lipinski definition) is 0. The molecule has 0 atom stereocenters. The van der Waals surface area contributed by atoms with Crippen molar-refractivity contribution < 1.29 is 0 Å². The van der Waals surface area contributed by atoms with E-state index in [1.54, 1.807) is 0 Å². The van der Waals surface area contributed by atoms with Crippen molar-refractivity contribution in [2.75, 3.05) is 29.5 Å². The monoisotopic (exact) mass is 286 g/mol. The Morgan fingerprint density at radius 3 is 2.80 bits per heavy atom. The fourth-order valence-corrected chi connectivity index (χ4v) is 3.01. The lowest BCUT2D eigenvalue weighted by atomic mass is 10.2. The van der Waals surface area contributed by atoms with Gasteiger partial charge in [-0.3, -0.25) is 0 Å². The lowest BCUT2D eigenvalue weighted by molar-refractivity contribution is 0.833. The molecule has 0 radical (unpaired) electrons. The first-order valence-corrected chi connectivity index (χ1v) is 7.43. The fraction of sp³-hybridized carbons (Fsp3) is 0.545. The van der Waals surface area contributed by atoms with Gasteiger partial charge in [0.25, 0.3) is 0 Å². The number of aryl methyl sites for hydroxylation is 1. The van der Waals surface area contributed by atoms with Crippen LogP contribution in [0.1, 0.15) is 11.1 Å². The summed E-state index contributed by atoms with van der Waals surface area (Å²) in [6.07, 6.45) is 1.97. The quantitative estimate of drug-likeness (QED) is 0.778. The molecule has 4 heteroatoms. The summed E-state index contributed by atoms with van der Waals surface area (Å²) in [6, 6.07) is 2.22. The standard InChI is InChI=1S/C11H15BrN2S/c1-9-6-10(7-12)8-13-11(9)14-2-4-15-5-3-14/h6,8H,2-5,7H2,1H3. The van der Waals surface area contributed by atoms with Crippen molar-refractivity contribution in [1.82, 2.24) is 4.98 Å². The molecule has 0 spiro atoms. The third-order valence-corrected chi connectivity index (χ3v) is 4.16. The van der Waals surface area contributed by atoms with Crippen LogP contribution in [0.5, 0.6) is 0 Å². The number of pyridine rings is 1. The maximum Gasteiger partial charge on any atom is 0.131 e. The van der Waals surface area contributed by atoms with E-state index >= 15 is 0 Å². The average molecular weight is 287 g/mol. The molecule has 1 saturated heterocycles. The molecule has 2 rings (SSSR count). The minimum absolute atomic E-state index is 0.886. The number of rotatable bonds is 2. The van der Waals surface area contributed by atoms with Gasteiger partial charge in [0.2, 0.25) is 0 Å². The second kappa shape index (κ2) is 5.21. The summed E-state index contributed by atoms with van der Waals surface area (Å²) >= 11 is 5.49. The van der Waals surface area contributed by atoms with E-state index in [4.69, 9.17) is 0 Å². The third kappa shape index (κ3) is 2.67. The highest BCUT2D eigenvalue weighted by Crippen LogP contribution is 2.22. The third-order valence-electron chi connectivity index (χ3n) is 2.57. The molecule has 2 nitrogen and oxygen atoms in total. The predicted octanol–water partition coefficient (Wildman–Crippen LogP) is 2.84.